The van der Waals surface area contributed by atoms with Crippen LogP contribution in [-0.2, 0) is 14.3 Å². The molecule has 1 aromatic carbocycles. The zero-order chi connectivity index (χ0) is 22.1. The van der Waals surface area contributed by atoms with E-state index in [4.69, 9.17) is 19.2 Å². The lowest BCUT2D eigenvalue weighted by Gasteiger charge is -2.39. The Morgan fingerprint density at radius 1 is 1.27 bits per heavy atom. The molecule has 2 atom stereocenters. The minimum Gasteiger partial charge on any atom is -0.493 e. The van der Waals surface area contributed by atoms with Gasteiger partial charge in [-0.05, 0) is 24.8 Å². The molecule has 0 radical (unpaired) electrons. The first-order valence-corrected chi connectivity index (χ1v) is 10.0. The summed E-state index contributed by atoms with van der Waals surface area (Å²) in [6.45, 7) is 9.64. The molecule has 1 unspecified atom stereocenters. The summed E-state index contributed by atoms with van der Waals surface area (Å²) in [7, 11) is 3.11. The Hall–Kier alpha value is -2.89. The first kappa shape index (κ1) is 21.8. The standard InChI is InChI=1S/C24H29NO5/c1-7-11-30-23(27)19-14(2)25-16-12-24(3,4)13-17(26)21(16)20(19)15-9-8-10-18(28-5)22(15)29-6/h7-10,19-20H,1,11-13H2,2-6H3/t19?,20-/m0/s1. The Labute approximate surface area is 177 Å². The molecule has 0 N–H and O–H groups in total. The number of aliphatic imine (C=N–C) groups is 1. The maximum atomic E-state index is 13.3. The number of allylic oxidation sites excluding steroid dienone is 2. The van der Waals surface area contributed by atoms with E-state index >= 15 is 0 Å². The number of nitrogens with zero attached hydrogens (tertiary/aromatic N) is 1. The van der Waals surface area contributed by atoms with Gasteiger partial charge in [0.2, 0.25) is 0 Å². The molecular weight excluding hydrogens is 382 g/mol. The average molecular weight is 411 g/mol. The van der Waals surface area contributed by atoms with Crippen LogP contribution in [0.25, 0.3) is 0 Å². The van der Waals surface area contributed by atoms with Crippen molar-refractivity contribution in [2.24, 2.45) is 16.3 Å². The van der Waals surface area contributed by atoms with E-state index in [9.17, 15) is 9.59 Å². The molecule has 1 heterocycles. The lowest BCUT2D eigenvalue weighted by Crippen LogP contribution is -2.39. The summed E-state index contributed by atoms with van der Waals surface area (Å²) in [6.07, 6.45) is 2.59. The minimum atomic E-state index is -0.727. The fourth-order valence-corrected chi connectivity index (χ4v) is 4.47. The van der Waals surface area contributed by atoms with Gasteiger partial charge in [0, 0.05) is 34.9 Å². The van der Waals surface area contributed by atoms with Gasteiger partial charge >= 0.3 is 5.97 Å². The maximum Gasteiger partial charge on any atom is 0.315 e. The topological polar surface area (TPSA) is 74.2 Å². The lowest BCUT2D eigenvalue weighted by atomic mass is 9.66. The van der Waals surface area contributed by atoms with Crippen LogP contribution in [0.4, 0.5) is 0 Å². The molecule has 0 saturated carbocycles. The van der Waals surface area contributed by atoms with E-state index in [0.717, 1.165) is 5.70 Å². The number of benzene rings is 1. The fourth-order valence-electron chi connectivity index (χ4n) is 4.47. The summed E-state index contributed by atoms with van der Waals surface area (Å²) in [6, 6.07) is 5.50. The van der Waals surface area contributed by atoms with Crippen molar-refractivity contribution in [1.29, 1.82) is 0 Å². The van der Waals surface area contributed by atoms with Gasteiger partial charge in [-0.2, -0.15) is 0 Å². The highest BCUT2D eigenvalue weighted by Crippen LogP contribution is 2.50. The third-order valence-electron chi connectivity index (χ3n) is 5.67. The molecule has 1 aliphatic carbocycles. The molecular formula is C24H29NO5. The van der Waals surface area contributed by atoms with Crippen LogP contribution in [0, 0.1) is 11.3 Å². The van der Waals surface area contributed by atoms with Crippen molar-refractivity contribution in [2.75, 3.05) is 20.8 Å². The third kappa shape index (κ3) is 3.91. The van der Waals surface area contributed by atoms with Crippen molar-refractivity contribution in [3.05, 3.63) is 47.7 Å². The van der Waals surface area contributed by atoms with Gasteiger partial charge in [-0.25, -0.2) is 0 Å². The van der Waals surface area contributed by atoms with Gasteiger partial charge in [0.15, 0.2) is 17.3 Å². The summed E-state index contributed by atoms with van der Waals surface area (Å²) in [5.41, 5.74) is 2.48. The Kier molecular flexibility index (Phi) is 6.15. The monoisotopic (exact) mass is 411 g/mol. The van der Waals surface area contributed by atoms with E-state index in [0.29, 0.717) is 41.2 Å². The molecule has 160 valence electrons. The highest BCUT2D eigenvalue weighted by molar-refractivity contribution is 6.09. The maximum absolute atomic E-state index is 13.3. The van der Waals surface area contributed by atoms with Crippen molar-refractivity contribution in [2.45, 2.75) is 39.5 Å². The van der Waals surface area contributed by atoms with Crippen LogP contribution in [0.2, 0.25) is 0 Å². The average Bonchev–Trinajstić information content (AvgIpc) is 2.69. The van der Waals surface area contributed by atoms with Gasteiger partial charge in [0.25, 0.3) is 0 Å². The van der Waals surface area contributed by atoms with Crippen molar-refractivity contribution in [1.82, 2.24) is 0 Å². The molecule has 0 fully saturated rings. The first-order valence-electron chi connectivity index (χ1n) is 10.0. The predicted molar refractivity (Wildman–Crippen MR) is 115 cm³/mol. The van der Waals surface area contributed by atoms with E-state index in [1.165, 1.54) is 6.08 Å². The number of esters is 1. The number of methoxy groups -OCH3 is 2. The van der Waals surface area contributed by atoms with Crippen LogP contribution in [0.1, 0.15) is 45.1 Å². The number of ketones is 1. The van der Waals surface area contributed by atoms with E-state index < -0.39 is 17.8 Å². The molecule has 0 spiro atoms. The predicted octanol–water partition coefficient (Wildman–Crippen LogP) is 4.25. The highest BCUT2D eigenvalue weighted by Gasteiger charge is 2.47. The third-order valence-corrected chi connectivity index (χ3v) is 5.67. The van der Waals surface area contributed by atoms with Crippen molar-refractivity contribution < 1.29 is 23.8 Å². The zero-order valence-corrected chi connectivity index (χ0v) is 18.3. The van der Waals surface area contributed by atoms with Crippen LogP contribution in [0.3, 0.4) is 0 Å². The number of hydrogen-bond donors (Lipinski definition) is 0. The zero-order valence-electron chi connectivity index (χ0n) is 18.3. The normalized spacial score (nSPS) is 22.7. The molecule has 1 aliphatic heterocycles. The number of hydrogen-bond acceptors (Lipinski definition) is 6. The molecule has 0 bridgehead atoms. The summed E-state index contributed by atoms with van der Waals surface area (Å²) in [4.78, 5) is 31.1. The lowest BCUT2D eigenvalue weighted by molar-refractivity contribution is -0.145. The van der Waals surface area contributed by atoms with Crippen LogP contribution in [0.5, 0.6) is 11.5 Å². The molecule has 2 aliphatic rings. The van der Waals surface area contributed by atoms with E-state index in [1.54, 1.807) is 20.3 Å². The molecule has 6 heteroatoms. The Bertz CT molecular complexity index is 941. The van der Waals surface area contributed by atoms with Crippen molar-refractivity contribution >= 4 is 17.5 Å². The molecule has 0 saturated heterocycles. The quantitative estimate of drug-likeness (QED) is 0.517. The van der Waals surface area contributed by atoms with Crippen LogP contribution in [-0.4, -0.2) is 38.3 Å². The van der Waals surface area contributed by atoms with E-state index in [2.05, 4.69) is 20.4 Å². The van der Waals surface area contributed by atoms with Crippen LogP contribution < -0.4 is 9.47 Å². The van der Waals surface area contributed by atoms with Gasteiger partial charge in [-0.15, -0.1) is 0 Å². The first-order chi connectivity index (χ1) is 14.2. The SMILES string of the molecule is C=CCOC(=O)C1C(C)=NC2=C(C(=O)CC(C)(C)C2)[C@H]1c1cccc(OC)c1OC. The second-order valence-electron chi connectivity index (χ2n) is 8.51. The van der Waals surface area contributed by atoms with Crippen LogP contribution >= 0.6 is 0 Å². The number of ether oxygens (including phenoxy) is 3. The summed E-state index contributed by atoms with van der Waals surface area (Å²) in [5, 5.41) is 0. The Morgan fingerprint density at radius 3 is 2.63 bits per heavy atom. The Balaban J connectivity index is 2.23. The second-order valence-corrected chi connectivity index (χ2v) is 8.51. The second kappa shape index (κ2) is 8.46. The fraction of sp³-hybridized carbons (Fsp3) is 0.458. The number of Topliss-reactive ketones (excluding diaryl/α,β-unsaturated/α-hetero) is 1. The minimum absolute atomic E-state index is 0.00823. The molecule has 6 nitrogen and oxygen atoms in total. The Morgan fingerprint density at radius 2 is 2.00 bits per heavy atom. The highest BCUT2D eigenvalue weighted by atomic mass is 16.5. The van der Waals surface area contributed by atoms with Crippen molar-refractivity contribution in [3.8, 4) is 11.5 Å². The van der Waals surface area contributed by atoms with Gasteiger partial charge in [0.1, 0.15) is 12.5 Å². The van der Waals surface area contributed by atoms with E-state index in [-0.39, 0.29) is 17.8 Å². The molecule has 3 rings (SSSR count). The van der Waals surface area contributed by atoms with Gasteiger partial charge < -0.3 is 14.2 Å². The van der Waals surface area contributed by atoms with E-state index in [1.807, 2.05) is 19.1 Å². The van der Waals surface area contributed by atoms with Gasteiger partial charge in [-0.3, -0.25) is 14.6 Å². The number of carbonyl (C=O) groups is 2. The number of carbonyl (C=O) groups excluding carboxylic acids is 2. The molecule has 0 amide bonds. The van der Waals surface area contributed by atoms with Gasteiger partial charge in [0.05, 0.1) is 14.2 Å². The summed E-state index contributed by atoms with van der Waals surface area (Å²) in [5.74, 6) is -0.660. The van der Waals surface area contributed by atoms with Crippen LogP contribution in [0.15, 0.2) is 47.1 Å². The molecule has 0 aromatic heterocycles. The summed E-state index contributed by atoms with van der Waals surface area (Å²) >= 11 is 0. The molecule has 30 heavy (non-hydrogen) atoms. The number of rotatable bonds is 6. The number of para-hydroxylation sites is 1. The van der Waals surface area contributed by atoms with Crippen molar-refractivity contribution in [3.63, 3.8) is 0 Å². The smallest absolute Gasteiger partial charge is 0.315 e. The van der Waals surface area contributed by atoms with Gasteiger partial charge in [-0.1, -0.05) is 38.6 Å². The summed E-state index contributed by atoms with van der Waals surface area (Å²) < 4.78 is 16.5. The largest absolute Gasteiger partial charge is 0.493 e. The molecule has 1 aromatic rings.